The third-order valence-electron chi connectivity index (χ3n) is 8.10. The number of amides is 1. The van der Waals surface area contributed by atoms with Crippen molar-refractivity contribution in [3.05, 3.63) is 30.1 Å². The summed E-state index contributed by atoms with van der Waals surface area (Å²) < 4.78 is 0. The molecular weight excluding hydrogens is 370 g/mol. The van der Waals surface area contributed by atoms with Crippen LogP contribution in [-0.2, 0) is 11.2 Å². The highest BCUT2D eigenvalue weighted by atomic mass is 16.2. The summed E-state index contributed by atoms with van der Waals surface area (Å²) in [5.74, 6) is 3.36. The highest BCUT2D eigenvalue weighted by Crippen LogP contribution is 2.61. The van der Waals surface area contributed by atoms with Crippen LogP contribution in [0.2, 0.25) is 0 Å². The minimum atomic E-state index is 0.372. The summed E-state index contributed by atoms with van der Waals surface area (Å²) in [4.78, 5) is 21.6. The van der Waals surface area contributed by atoms with Gasteiger partial charge in [0, 0.05) is 38.4 Å². The van der Waals surface area contributed by atoms with E-state index in [9.17, 15) is 4.79 Å². The number of pyridine rings is 1. The molecule has 4 aliphatic carbocycles. The SMILES string of the molecule is CN(C)CCN(CCC12CC3CC(CC(C3)C1)C2)C(=O)CCCCc1ccncc1. The van der Waals surface area contributed by atoms with Crippen LogP contribution in [0.15, 0.2) is 24.5 Å². The van der Waals surface area contributed by atoms with Gasteiger partial charge in [-0.05, 0) is 119 Å². The van der Waals surface area contributed by atoms with Crippen molar-refractivity contribution < 1.29 is 4.79 Å². The van der Waals surface area contributed by atoms with E-state index in [0.29, 0.717) is 17.7 Å². The summed E-state index contributed by atoms with van der Waals surface area (Å²) in [5.41, 5.74) is 1.89. The molecule has 0 N–H and O–H groups in total. The molecule has 0 saturated heterocycles. The monoisotopic (exact) mass is 411 g/mol. The second-order valence-electron chi connectivity index (χ2n) is 10.9. The second-order valence-corrected chi connectivity index (χ2v) is 10.9. The number of hydrogen-bond donors (Lipinski definition) is 0. The van der Waals surface area contributed by atoms with Crippen molar-refractivity contribution in [1.82, 2.24) is 14.8 Å². The molecule has 5 rings (SSSR count). The van der Waals surface area contributed by atoms with Crippen molar-refractivity contribution in [2.75, 3.05) is 33.7 Å². The maximum absolute atomic E-state index is 13.1. The molecule has 0 unspecified atom stereocenters. The van der Waals surface area contributed by atoms with Gasteiger partial charge in [-0.1, -0.05) is 0 Å². The van der Waals surface area contributed by atoms with E-state index >= 15 is 0 Å². The highest BCUT2D eigenvalue weighted by molar-refractivity contribution is 5.76. The van der Waals surface area contributed by atoms with Gasteiger partial charge < -0.3 is 9.80 Å². The van der Waals surface area contributed by atoms with E-state index in [4.69, 9.17) is 0 Å². The van der Waals surface area contributed by atoms with Crippen LogP contribution >= 0.6 is 0 Å². The van der Waals surface area contributed by atoms with E-state index in [0.717, 1.165) is 56.7 Å². The fourth-order valence-electron chi connectivity index (χ4n) is 6.96. The number of nitrogens with zero attached hydrogens (tertiary/aromatic N) is 3. The van der Waals surface area contributed by atoms with Crippen LogP contribution in [0.25, 0.3) is 0 Å². The smallest absolute Gasteiger partial charge is 0.222 e. The van der Waals surface area contributed by atoms with Crippen molar-refractivity contribution in [2.45, 2.75) is 70.6 Å². The van der Waals surface area contributed by atoms with Gasteiger partial charge in [0.05, 0.1) is 0 Å². The van der Waals surface area contributed by atoms with E-state index in [1.165, 1.54) is 50.5 Å². The molecule has 1 heterocycles. The largest absolute Gasteiger partial charge is 0.341 e. The van der Waals surface area contributed by atoms with Crippen LogP contribution in [0.3, 0.4) is 0 Å². The van der Waals surface area contributed by atoms with E-state index in [1.54, 1.807) is 0 Å². The summed E-state index contributed by atoms with van der Waals surface area (Å²) in [5, 5.41) is 0. The average molecular weight is 412 g/mol. The van der Waals surface area contributed by atoms with Crippen LogP contribution < -0.4 is 0 Å². The number of hydrogen-bond acceptors (Lipinski definition) is 3. The summed E-state index contributed by atoms with van der Waals surface area (Å²) in [7, 11) is 4.22. The number of aryl methyl sites for hydroxylation is 1. The van der Waals surface area contributed by atoms with Crippen molar-refractivity contribution >= 4 is 5.91 Å². The van der Waals surface area contributed by atoms with Gasteiger partial charge in [0.1, 0.15) is 0 Å². The number of carbonyl (C=O) groups is 1. The van der Waals surface area contributed by atoms with Crippen LogP contribution in [0, 0.1) is 23.2 Å². The Hall–Kier alpha value is -1.42. The Morgan fingerprint density at radius 3 is 2.20 bits per heavy atom. The second kappa shape index (κ2) is 9.80. The van der Waals surface area contributed by atoms with Gasteiger partial charge in [0.25, 0.3) is 0 Å². The van der Waals surface area contributed by atoms with Crippen LogP contribution in [0.1, 0.15) is 69.8 Å². The molecule has 166 valence electrons. The predicted molar refractivity (Wildman–Crippen MR) is 122 cm³/mol. The molecule has 0 radical (unpaired) electrons. The van der Waals surface area contributed by atoms with Crippen molar-refractivity contribution in [2.24, 2.45) is 23.2 Å². The van der Waals surface area contributed by atoms with Crippen molar-refractivity contribution in [3.8, 4) is 0 Å². The summed E-state index contributed by atoms with van der Waals surface area (Å²) in [6.07, 6.45) is 17.6. The normalized spacial score (nSPS) is 29.5. The first-order valence-electron chi connectivity index (χ1n) is 12.3. The molecule has 4 aliphatic rings. The first-order valence-corrected chi connectivity index (χ1v) is 12.3. The number of carbonyl (C=O) groups excluding carboxylic acids is 1. The number of unbranched alkanes of at least 4 members (excludes halogenated alkanes) is 1. The molecule has 4 fully saturated rings. The van der Waals surface area contributed by atoms with E-state index in [2.05, 4.69) is 41.0 Å². The predicted octanol–water partition coefficient (Wildman–Crippen LogP) is 4.79. The Morgan fingerprint density at radius 2 is 1.60 bits per heavy atom. The molecule has 0 atom stereocenters. The molecule has 1 amide bonds. The Morgan fingerprint density at radius 1 is 0.967 bits per heavy atom. The minimum Gasteiger partial charge on any atom is -0.341 e. The van der Waals surface area contributed by atoms with Crippen molar-refractivity contribution in [1.29, 1.82) is 0 Å². The zero-order chi connectivity index (χ0) is 21.0. The van der Waals surface area contributed by atoms with Crippen LogP contribution in [0.5, 0.6) is 0 Å². The molecule has 0 spiro atoms. The molecule has 0 aliphatic heterocycles. The fourth-order valence-corrected chi connectivity index (χ4v) is 6.96. The molecule has 4 saturated carbocycles. The molecule has 4 nitrogen and oxygen atoms in total. The van der Waals surface area contributed by atoms with Gasteiger partial charge in [-0.3, -0.25) is 9.78 Å². The van der Waals surface area contributed by atoms with E-state index in [-0.39, 0.29) is 0 Å². The lowest BCUT2D eigenvalue weighted by atomic mass is 9.49. The zero-order valence-corrected chi connectivity index (χ0v) is 19.2. The number of aromatic nitrogens is 1. The Bertz CT molecular complexity index is 651. The molecule has 4 heteroatoms. The van der Waals surface area contributed by atoms with E-state index in [1.807, 2.05) is 12.4 Å². The highest BCUT2D eigenvalue weighted by Gasteiger charge is 2.50. The lowest BCUT2D eigenvalue weighted by Crippen LogP contribution is -2.48. The molecule has 30 heavy (non-hydrogen) atoms. The number of likely N-dealkylation sites (N-methyl/N-ethyl adjacent to an activating group) is 1. The van der Waals surface area contributed by atoms with Crippen LogP contribution in [0.4, 0.5) is 0 Å². The summed E-state index contributed by atoms with van der Waals surface area (Å²) in [6.45, 7) is 2.81. The van der Waals surface area contributed by atoms with Gasteiger partial charge in [-0.2, -0.15) is 0 Å². The third kappa shape index (κ3) is 5.63. The maximum Gasteiger partial charge on any atom is 0.222 e. The standard InChI is InChI=1S/C26H41N3O/c1-28(2)13-14-29(25(30)6-4-3-5-21-7-10-27-11-8-21)12-9-26-18-22-15-23(19-26)17-24(16-22)20-26/h7-8,10-11,22-24H,3-6,9,12-20H2,1-2H3. The topological polar surface area (TPSA) is 36.4 Å². The van der Waals surface area contributed by atoms with Gasteiger partial charge in [0.15, 0.2) is 0 Å². The number of rotatable bonds is 11. The molecule has 0 aromatic carbocycles. The van der Waals surface area contributed by atoms with Gasteiger partial charge in [0.2, 0.25) is 5.91 Å². The quantitative estimate of drug-likeness (QED) is 0.491. The first kappa shape index (κ1) is 21.8. The van der Waals surface area contributed by atoms with E-state index < -0.39 is 0 Å². The summed E-state index contributed by atoms with van der Waals surface area (Å²) >= 11 is 0. The zero-order valence-electron chi connectivity index (χ0n) is 19.2. The Kier molecular flexibility index (Phi) is 7.12. The average Bonchev–Trinajstić information content (AvgIpc) is 2.70. The molecular formula is C26H41N3O. The van der Waals surface area contributed by atoms with Crippen LogP contribution in [-0.4, -0.2) is 54.4 Å². The van der Waals surface area contributed by atoms with Gasteiger partial charge >= 0.3 is 0 Å². The summed E-state index contributed by atoms with van der Waals surface area (Å²) in [6, 6.07) is 4.16. The lowest BCUT2D eigenvalue weighted by molar-refractivity contribution is -0.132. The van der Waals surface area contributed by atoms with Gasteiger partial charge in [-0.15, -0.1) is 0 Å². The molecule has 1 aromatic heterocycles. The third-order valence-corrected chi connectivity index (χ3v) is 8.10. The van der Waals surface area contributed by atoms with Gasteiger partial charge in [-0.25, -0.2) is 0 Å². The first-order chi connectivity index (χ1) is 14.5. The molecule has 4 bridgehead atoms. The Labute approximate surface area is 183 Å². The minimum absolute atomic E-state index is 0.372. The Balaban J connectivity index is 1.27. The van der Waals surface area contributed by atoms with Crippen molar-refractivity contribution in [3.63, 3.8) is 0 Å². The molecule has 1 aromatic rings. The fraction of sp³-hybridized carbons (Fsp3) is 0.769. The lowest BCUT2D eigenvalue weighted by Gasteiger charge is -2.57. The maximum atomic E-state index is 13.1.